The van der Waals surface area contributed by atoms with E-state index in [0.29, 0.717) is 17.7 Å². The highest BCUT2D eigenvalue weighted by molar-refractivity contribution is 5.92. The van der Waals surface area contributed by atoms with Crippen LogP contribution in [0.15, 0.2) is 30.3 Å². The lowest BCUT2D eigenvalue weighted by Crippen LogP contribution is -2.25. The van der Waals surface area contributed by atoms with E-state index in [4.69, 9.17) is 4.74 Å². The van der Waals surface area contributed by atoms with Gasteiger partial charge in [0.2, 0.25) is 0 Å². The molecule has 0 bridgehead atoms. The summed E-state index contributed by atoms with van der Waals surface area (Å²) >= 11 is 0. The molecule has 2 aliphatic carbocycles. The molecular weight excluding hydrogens is 278 g/mol. The second-order valence-electron chi connectivity index (χ2n) is 6.09. The molecule has 2 aliphatic rings. The number of hydrogen-bond donors (Lipinski definition) is 1. The van der Waals surface area contributed by atoms with Crippen molar-refractivity contribution in [3.05, 3.63) is 41.7 Å². The highest BCUT2D eigenvalue weighted by Gasteiger charge is 2.31. The second-order valence-corrected chi connectivity index (χ2v) is 6.09. The summed E-state index contributed by atoms with van der Waals surface area (Å²) in [7, 11) is 1.65. The van der Waals surface area contributed by atoms with Crippen LogP contribution in [0.3, 0.4) is 0 Å². The molecule has 5 heteroatoms. The van der Waals surface area contributed by atoms with E-state index >= 15 is 0 Å². The van der Waals surface area contributed by atoms with Crippen LogP contribution in [0, 0.1) is 0 Å². The first kappa shape index (κ1) is 13.4. The van der Waals surface area contributed by atoms with Crippen LogP contribution in [0.2, 0.25) is 0 Å². The first-order chi connectivity index (χ1) is 10.7. The maximum atomic E-state index is 12.2. The van der Waals surface area contributed by atoms with Crippen LogP contribution >= 0.6 is 0 Å². The molecule has 4 rings (SSSR count). The summed E-state index contributed by atoms with van der Waals surface area (Å²) in [6.45, 7) is 0. The number of nitrogens with zero attached hydrogens (tertiary/aromatic N) is 2. The SMILES string of the molecule is COc1cccc(-n2nc(C(=O)NC3CC3)cc2C2CC2)c1. The second kappa shape index (κ2) is 5.16. The summed E-state index contributed by atoms with van der Waals surface area (Å²) < 4.78 is 7.18. The topological polar surface area (TPSA) is 56.2 Å². The van der Waals surface area contributed by atoms with Gasteiger partial charge in [0.1, 0.15) is 5.75 Å². The van der Waals surface area contributed by atoms with Gasteiger partial charge in [-0.25, -0.2) is 4.68 Å². The van der Waals surface area contributed by atoms with Crippen molar-refractivity contribution in [3.63, 3.8) is 0 Å². The quantitative estimate of drug-likeness (QED) is 0.923. The van der Waals surface area contributed by atoms with Crippen LogP contribution in [-0.2, 0) is 0 Å². The van der Waals surface area contributed by atoms with Crippen LogP contribution in [0.5, 0.6) is 5.75 Å². The standard InChI is InChI=1S/C17H19N3O2/c1-22-14-4-2-3-13(9-14)20-16(11-5-6-11)10-15(19-20)17(21)18-12-7-8-12/h2-4,9-12H,5-8H2,1H3,(H,18,21). The number of nitrogens with one attached hydrogen (secondary N) is 1. The van der Waals surface area contributed by atoms with Gasteiger partial charge in [0.15, 0.2) is 5.69 Å². The van der Waals surface area contributed by atoms with Crippen molar-refractivity contribution < 1.29 is 9.53 Å². The molecule has 2 fully saturated rings. The predicted molar refractivity (Wildman–Crippen MR) is 82.6 cm³/mol. The largest absolute Gasteiger partial charge is 0.497 e. The summed E-state index contributed by atoms with van der Waals surface area (Å²) in [6, 6.07) is 10.1. The van der Waals surface area contributed by atoms with Gasteiger partial charge in [0.05, 0.1) is 12.8 Å². The molecule has 1 amide bonds. The fourth-order valence-corrected chi connectivity index (χ4v) is 2.61. The molecule has 1 N–H and O–H groups in total. The summed E-state index contributed by atoms with van der Waals surface area (Å²) in [5.74, 6) is 1.24. The Morgan fingerprint density at radius 1 is 1.27 bits per heavy atom. The third-order valence-corrected chi connectivity index (χ3v) is 4.18. The minimum atomic E-state index is -0.0638. The molecule has 0 saturated heterocycles. The van der Waals surface area contributed by atoms with Crippen LogP contribution in [-0.4, -0.2) is 28.8 Å². The van der Waals surface area contributed by atoms with E-state index < -0.39 is 0 Å². The van der Waals surface area contributed by atoms with Crippen molar-refractivity contribution in [2.75, 3.05) is 7.11 Å². The van der Waals surface area contributed by atoms with E-state index in [1.54, 1.807) is 7.11 Å². The van der Waals surface area contributed by atoms with E-state index in [1.165, 1.54) is 12.8 Å². The number of aromatic nitrogens is 2. The summed E-state index contributed by atoms with van der Waals surface area (Å²) in [5, 5.41) is 7.55. The van der Waals surface area contributed by atoms with Gasteiger partial charge in [0, 0.05) is 23.7 Å². The Bertz CT molecular complexity index is 714. The minimum Gasteiger partial charge on any atom is -0.497 e. The van der Waals surface area contributed by atoms with E-state index in [-0.39, 0.29) is 5.91 Å². The zero-order valence-corrected chi connectivity index (χ0v) is 12.6. The highest BCUT2D eigenvalue weighted by Crippen LogP contribution is 2.41. The molecule has 22 heavy (non-hydrogen) atoms. The Kier molecular flexibility index (Phi) is 3.13. The summed E-state index contributed by atoms with van der Waals surface area (Å²) in [5.41, 5.74) is 2.57. The molecule has 2 aromatic rings. The van der Waals surface area contributed by atoms with E-state index in [0.717, 1.165) is 30.0 Å². The first-order valence-corrected chi connectivity index (χ1v) is 7.80. The number of amides is 1. The third-order valence-electron chi connectivity index (χ3n) is 4.18. The molecule has 0 atom stereocenters. The minimum absolute atomic E-state index is 0.0638. The lowest BCUT2D eigenvalue weighted by Gasteiger charge is -2.08. The monoisotopic (exact) mass is 297 g/mol. The van der Waals surface area contributed by atoms with Crippen molar-refractivity contribution in [2.45, 2.75) is 37.6 Å². The van der Waals surface area contributed by atoms with Crippen molar-refractivity contribution in [2.24, 2.45) is 0 Å². The van der Waals surface area contributed by atoms with E-state index in [1.807, 2.05) is 35.0 Å². The average Bonchev–Trinajstić information content (AvgIpc) is 3.47. The normalized spacial score (nSPS) is 17.3. The van der Waals surface area contributed by atoms with E-state index in [9.17, 15) is 4.79 Å². The fraction of sp³-hybridized carbons (Fsp3) is 0.412. The van der Waals surface area contributed by atoms with Gasteiger partial charge in [-0.05, 0) is 43.9 Å². The Morgan fingerprint density at radius 3 is 2.77 bits per heavy atom. The van der Waals surface area contributed by atoms with Gasteiger partial charge in [-0.3, -0.25) is 4.79 Å². The molecule has 2 saturated carbocycles. The van der Waals surface area contributed by atoms with Crippen molar-refractivity contribution in [3.8, 4) is 11.4 Å². The molecule has 1 heterocycles. The fourth-order valence-electron chi connectivity index (χ4n) is 2.61. The maximum Gasteiger partial charge on any atom is 0.272 e. The lowest BCUT2D eigenvalue weighted by atomic mass is 10.2. The van der Waals surface area contributed by atoms with E-state index in [2.05, 4.69) is 10.4 Å². The lowest BCUT2D eigenvalue weighted by molar-refractivity contribution is 0.0945. The number of carbonyl (C=O) groups is 1. The molecule has 0 spiro atoms. The zero-order valence-electron chi connectivity index (χ0n) is 12.6. The number of benzene rings is 1. The predicted octanol–water partition coefficient (Wildman–Crippen LogP) is 2.65. The molecule has 1 aromatic carbocycles. The highest BCUT2D eigenvalue weighted by atomic mass is 16.5. The third kappa shape index (κ3) is 2.58. The number of methoxy groups -OCH3 is 1. The summed E-state index contributed by atoms with van der Waals surface area (Å²) in [6.07, 6.45) is 4.49. The van der Waals surface area contributed by atoms with Gasteiger partial charge >= 0.3 is 0 Å². The average molecular weight is 297 g/mol. The van der Waals surface area contributed by atoms with Crippen molar-refractivity contribution in [1.82, 2.24) is 15.1 Å². The van der Waals surface area contributed by atoms with Crippen molar-refractivity contribution >= 4 is 5.91 Å². The maximum absolute atomic E-state index is 12.2. The number of rotatable bonds is 5. The smallest absolute Gasteiger partial charge is 0.272 e. The molecule has 0 aliphatic heterocycles. The van der Waals surface area contributed by atoms with Gasteiger partial charge in [-0.2, -0.15) is 5.10 Å². The number of carbonyl (C=O) groups excluding carboxylic acids is 1. The first-order valence-electron chi connectivity index (χ1n) is 7.80. The van der Waals surface area contributed by atoms with Gasteiger partial charge in [0.25, 0.3) is 5.91 Å². The van der Waals surface area contributed by atoms with Crippen LogP contribution in [0.25, 0.3) is 5.69 Å². The molecular formula is C17H19N3O2. The zero-order chi connectivity index (χ0) is 15.1. The Hall–Kier alpha value is -2.30. The van der Waals surface area contributed by atoms with Crippen molar-refractivity contribution in [1.29, 1.82) is 0 Å². The Labute approximate surface area is 129 Å². The van der Waals surface area contributed by atoms with Crippen LogP contribution in [0.4, 0.5) is 0 Å². The molecule has 0 radical (unpaired) electrons. The molecule has 1 aromatic heterocycles. The summed E-state index contributed by atoms with van der Waals surface area (Å²) in [4.78, 5) is 12.2. The molecule has 0 unspecified atom stereocenters. The van der Waals surface area contributed by atoms with Gasteiger partial charge in [-0.15, -0.1) is 0 Å². The number of ether oxygens (including phenoxy) is 1. The van der Waals surface area contributed by atoms with Crippen LogP contribution in [0.1, 0.15) is 47.8 Å². The Balaban J connectivity index is 1.70. The van der Waals surface area contributed by atoms with Crippen LogP contribution < -0.4 is 10.1 Å². The Morgan fingerprint density at radius 2 is 2.09 bits per heavy atom. The van der Waals surface area contributed by atoms with Gasteiger partial charge < -0.3 is 10.1 Å². The van der Waals surface area contributed by atoms with Gasteiger partial charge in [-0.1, -0.05) is 6.07 Å². The molecule has 114 valence electrons. The number of hydrogen-bond acceptors (Lipinski definition) is 3. The molecule has 5 nitrogen and oxygen atoms in total.